The summed E-state index contributed by atoms with van der Waals surface area (Å²) in [6, 6.07) is 0.688. The second-order valence-electron chi connectivity index (χ2n) is 3.78. The van der Waals surface area contributed by atoms with Crippen molar-refractivity contribution in [3.63, 3.8) is 0 Å². The first kappa shape index (κ1) is 13.7. The topological polar surface area (TPSA) is 72.3 Å². The maximum absolute atomic E-state index is 11.3. The zero-order chi connectivity index (χ0) is 9.84. The first-order chi connectivity index (χ1) is 6.15. The summed E-state index contributed by atoms with van der Waals surface area (Å²) in [6.45, 7) is 0.110. The largest absolute Gasteiger partial charge is 0.342 e. The van der Waals surface area contributed by atoms with E-state index in [9.17, 15) is 4.79 Å². The van der Waals surface area contributed by atoms with Gasteiger partial charge >= 0.3 is 0 Å². The van der Waals surface area contributed by atoms with E-state index in [0.717, 1.165) is 25.7 Å². The minimum absolute atomic E-state index is 0. The van der Waals surface area contributed by atoms with Crippen molar-refractivity contribution in [1.82, 2.24) is 4.90 Å². The van der Waals surface area contributed by atoms with Crippen LogP contribution in [0.1, 0.15) is 25.7 Å². The fourth-order valence-electron chi connectivity index (χ4n) is 1.84. The molecule has 4 nitrogen and oxygen atoms in total. The normalized spacial score (nSPS) is 26.5. The molecule has 0 aromatic rings. The van der Waals surface area contributed by atoms with Gasteiger partial charge < -0.3 is 16.4 Å². The molecule has 1 amide bonds. The van der Waals surface area contributed by atoms with Crippen LogP contribution >= 0.6 is 12.4 Å². The average Bonchev–Trinajstić information content (AvgIpc) is 2.17. The van der Waals surface area contributed by atoms with Crippen molar-refractivity contribution in [2.75, 3.05) is 13.6 Å². The third kappa shape index (κ3) is 3.44. The molecule has 14 heavy (non-hydrogen) atoms. The number of likely N-dealkylation sites (N-methyl/N-ethyl adjacent to an activating group) is 1. The quantitative estimate of drug-likeness (QED) is 0.695. The summed E-state index contributed by atoms with van der Waals surface area (Å²) in [5, 5.41) is 0. The van der Waals surface area contributed by atoms with E-state index in [1.54, 1.807) is 4.90 Å². The lowest BCUT2D eigenvalue weighted by molar-refractivity contribution is -0.131. The van der Waals surface area contributed by atoms with Crippen LogP contribution < -0.4 is 11.5 Å². The zero-order valence-corrected chi connectivity index (χ0v) is 9.43. The van der Waals surface area contributed by atoms with Crippen LogP contribution in [0.5, 0.6) is 0 Å². The molecule has 0 atom stereocenters. The lowest BCUT2D eigenvalue weighted by Gasteiger charge is -2.33. The number of carbonyl (C=O) groups is 1. The summed E-state index contributed by atoms with van der Waals surface area (Å²) < 4.78 is 0. The molecule has 0 unspecified atom stereocenters. The van der Waals surface area contributed by atoms with Gasteiger partial charge in [-0.15, -0.1) is 12.4 Å². The molecule has 1 rings (SSSR count). The van der Waals surface area contributed by atoms with E-state index < -0.39 is 0 Å². The van der Waals surface area contributed by atoms with Gasteiger partial charge in [-0.25, -0.2) is 0 Å². The summed E-state index contributed by atoms with van der Waals surface area (Å²) in [4.78, 5) is 13.0. The van der Waals surface area contributed by atoms with Crippen molar-refractivity contribution >= 4 is 18.3 Å². The fourth-order valence-corrected chi connectivity index (χ4v) is 1.84. The van der Waals surface area contributed by atoms with Crippen LogP contribution in [-0.2, 0) is 4.79 Å². The molecule has 0 heterocycles. The van der Waals surface area contributed by atoms with Gasteiger partial charge in [0.25, 0.3) is 0 Å². The summed E-state index contributed by atoms with van der Waals surface area (Å²) in [7, 11) is 1.83. The number of nitrogens with zero attached hydrogens (tertiary/aromatic N) is 1. The number of halogens is 1. The van der Waals surface area contributed by atoms with Gasteiger partial charge in [0.05, 0.1) is 6.54 Å². The van der Waals surface area contributed by atoms with Crippen LogP contribution in [0, 0.1) is 0 Å². The molecule has 0 bridgehead atoms. The molecule has 0 radical (unpaired) electrons. The Morgan fingerprint density at radius 1 is 1.36 bits per heavy atom. The van der Waals surface area contributed by atoms with Crippen molar-refractivity contribution in [1.29, 1.82) is 0 Å². The molecule has 4 N–H and O–H groups in total. The molecule has 1 aliphatic carbocycles. The van der Waals surface area contributed by atoms with Gasteiger partial charge in [0.2, 0.25) is 5.91 Å². The van der Waals surface area contributed by atoms with Crippen molar-refractivity contribution in [2.45, 2.75) is 37.8 Å². The lowest BCUT2D eigenvalue weighted by atomic mass is 9.91. The minimum Gasteiger partial charge on any atom is -0.342 e. The number of rotatable bonds is 2. The molecule has 0 aromatic carbocycles. The van der Waals surface area contributed by atoms with E-state index in [4.69, 9.17) is 11.5 Å². The predicted octanol–water partition coefficient (Wildman–Crippen LogP) is 0.0952. The molecule has 1 fully saturated rings. The Bertz CT molecular complexity index is 181. The fraction of sp³-hybridized carbons (Fsp3) is 0.889. The third-order valence-electron chi connectivity index (χ3n) is 2.86. The summed E-state index contributed by atoms with van der Waals surface area (Å²) in [5.74, 6) is 0.0282. The van der Waals surface area contributed by atoms with Crippen molar-refractivity contribution in [3.8, 4) is 0 Å². The van der Waals surface area contributed by atoms with E-state index in [1.165, 1.54) is 0 Å². The van der Waals surface area contributed by atoms with E-state index in [1.807, 2.05) is 7.05 Å². The van der Waals surface area contributed by atoms with Crippen LogP contribution in [0.25, 0.3) is 0 Å². The maximum atomic E-state index is 11.3. The van der Waals surface area contributed by atoms with Crippen LogP contribution in [0.3, 0.4) is 0 Å². The van der Waals surface area contributed by atoms with Gasteiger partial charge in [0.15, 0.2) is 0 Å². The minimum atomic E-state index is 0. The molecule has 5 heteroatoms. The first-order valence-corrected chi connectivity index (χ1v) is 4.86. The highest BCUT2D eigenvalue weighted by Crippen LogP contribution is 2.20. The molecule has 84 valence electrons. The Hall–Kier alpha value is -0.320. The molecule has 1 aliphatic rings. The average molecular weight is 222 g/mol. The second kappa shape index (κ2) is 6.22. The Morgan fingerprint density at radius 3 is 2.29 bits per heavy atom. The molecule has 1 saturated carbocycles. The predicted molar refractivity (Wildman–Crippen MR) is 59.3 cm³/mol. The Morgan fingerprint density at radius 2 is 1.86 bits per heavy atom. The van der Waals surface area contributed by atoms with Gasteiger partial charge in [-0.2, -0.15) is 0 Å². The van der Waals surface area contributed by atoms with Crippen LogP contribution in [-0.4, -0.2) is 36.5 Å². The number of amides is 1. The number of carbonyl (C=O) groups excluding carboxylic acids is 1. The van der Waals surface area contributed by atoms with Gasteiger partial charge in [-0.05, 0) is 25.7 Å². The molecule has 0 saturated heterocycles. The zero-order valence-electron chi connectivity index (χ0n) is 8.61. The van der Waals surface area contributed by atoms with E-state index >= 15 is 0 Å². The number of nitrogens with two attached hydrogens (primary N) is 2. The molecule has 0 aromatic heterocycles. The summed E-state index contributed by atoms with van der Waals surface area (Å²) in [5.41, 5.74) is 11.1. The van der Waals surface area contributed by atoms with E-state index in [2.05, 4.69) is 0 Å². The van der Waals surface area contributed by atoms with Crippen LogP contribution in [0.4, 0.5) is 0 Å². The first-order valence-electron chi connectivity index (χ1n) is 4.86. The number of hydrogen-bond acceptors (Lipinski definition) is 3. The van der Waals surface area contributed by atoms with Crippen LogP contribution in [0.2, 0.25) is 0 Å². The second-order valence-corrected chi connectivity index (χ2v) is 3.78. The molecular weight excluding hydrogens is 202 g/mol. The van der Waals surface area contributed by atoms with Crippen LogP contribution in [0.15, 0.2) is 0 Å². The van der Waals surface area contributed by atoms with Crippen molar-refractivity contribution in [3.05, 3.63) is 0 Å². The maximum Gasteiger partial charge on any atom is 0.236 e. The lowest BCUT2D eigenvalue weighted by Crippen LogP contribution is -2.44. The Balaban J connectivity index is 0.00000169. The highest BCUT2D eigenvalue weighted by molar-refractivity contribution is 5.85. The number of hydrogen-bond donors (Lipinski definition) is 2. The SMILES string of the molecule is CN(C(=O)CN)C1CCC(N)CC1.Cl. The van der Waals surface area contributed by atoms with E-state index in [0.29, 0.717) is 12.1 Å². The summed E-state index contributed by atoms with van der Waals surface area (Å²) in [6.07, 6.45) is 4.08. The van der Waals surface area contributed by atoms with Gasteiger partial charge in [-0.1, -0.05) is 0 Å². The Kier molecular flexibility index (Phi) is 6.08. The van der Waals surface area contributed by atoms with Gasteiger partial charge in [0.1, 0.15) is 0 Å². The Labute approximate surface area is 91.4 Å². The van der Waals surface area contributed by atoms with Gasteiger partial charge in [0, 0.05) is 19.1 Å². The highest BCUT2D eigenvalue weighted by atomic mass is 35.5. The van der Waals surface area contributed by atoms with E-state index in [-0.39, 0.29) is 24.9 Å². The monoisotopic (exact) mass is 221 g/mol. The molecular formula is C9H20ClN3O. The summed E-state index contributed by atoms with van der Waals surface area (Å²) >= 11 is 0. The third-order valence-corrected chi connectivity index (χ3v) is 2.86. The smallest absolute Gasteiger partial charge is 0.236 e. The molecule has 0 spiro atoms. The standard InChI is InChI=1S/C9H19N3O.ClH/c1-12(9(13)6-10)8-4-2-7(11)3-5-8;/h7-8H,2-6,10-11H2,1H3;1H. The van der Waals surface area contributed by atoms with Crippen molar-refractivity contribution < 1.29 is 4.79 Å². The molecule has 0 aliphatic heterocycles. The van der Waals surface area contributed by atoms with Gasteiger partial charge in [-0.3, -0.25) is 4.79 Å². The highest BCUT2D eigenvalue weighted by Gasteiger charge is 2.23. The van der Waals surface area contributed by atoms with Crippen molar-refractivity contribution in [2.24, 2.45) is 11.5 Å².